The highest BCUT2D eigenvalue weighted by Crippen LogP contribution is 2.30. The number of hydrogen-bond acceptors (Lipinski definition) is 3. The smallest absolute Gasteiger partial charge is 0.416 e. The Morgan fingerprint density at radius 2 is 1.52 bits per heavy atom. The van der Waals surface area contributed by atoms with E-state index < -0.39 is 41.4 Å². The van der Waals surface area contributed by atoms with Crippen molar-refractivity contribution in [2.24, 2.45) is 0 Å². The third-order valence-corrected chi connectivity index (χ3v) is 3.96. The van der Waals surface area contributed by atoms with Gasteiger partial charge in [0.25, 0.3) is 5.91 Å². The molecule has 0 fully saturated rings. The molecule has 156 valence electrons. The third-order valence-electron chi connectivity index (χ3n) is 3.96. The van der Waals surface area contributed by atoms with Gasteiger partial charge in [0.05, 0.1) is 18.2 Å². The molecule has 29 heavy (non-hydrogen) atoms. The molecule has 1 N–H and O–H groups in total. The maximum Gasteiger partial charge on any atom is 0.416 e. The number of ether oxygens (including phenoxy) is 1. The van der Waals surface area contributed by atoms with Gasteiger partial charge in [0.2, 0.25) is 0 Å². The fourth-order valence-electron chi connectivity index (χ4n) is 2.50. The Labute approximate surface area is 161 Å². The summed E-state index contributed by atoms with van der Waals surface area (Å²) < 4.78 is 80.9. The minimum Gasteiger partial charge on any atom is -0.467 e. The number of halogens is 6. The Hall–Kier alpha value is -3.04. The lowest BCUT2D eigenvalue weighted by atomic mass is 10.0. The Morgan fingerprint density at radius 3 is 2.03 bits per heavy atom. The molecule has 0 heterocycles. The molecular weight excluding hydrogens is 404 g/mol. The largest absolute Gasteiger partial charge is 0.467 e. The molecule has 0 spiro atoms. The molecule has 0 unspecified atom stereocenters. The first-order valence-corrected chi connectivity index (χ1v) is 8.14. The maximum absolute atomic E-state index is 12.8. The molecule has 0 radical (unpaired) electrons. The fourth-order valence-corrected chi connectivity index (χ4v) is 2.50. The zero-order valence-electron chi connectivity index (χ0n) is 14.9. The van der Waals surface area contributed by atoms with Gasteiger partial charge in [-0.1, -0.05) is 18.2 Å². The first-order chi connectivity index (χ1) is 13.4. The van der Waals surface area contributed by atoms with Crippen LogP contribution in [0.25, 0.3) is 0 Å². The third kappa shape index (κ3) is 5.97. The first kappa shape index (κ1) is 22.3. The van der Waals surface area contributed by atoms with Gasteiger partial charge < -0.3 is 10.1 Å². The molecule has 2 rings (SSSR count). The summed E-state index contributed by atoms with van der Waals surface area (Å²) in [7, 11) is 1.03. The van der Waals surface area contributed by atoms with Crippen LogP contribution < -0.4 is 5.32 Å². The Kier molecular flexibility index (Phi) is 6.55. The van der Waals surface area contributed by atoms with E-state index >= 15 is 0 Å². The number of rotatable bonds is 5. The van der Waals surface area contributed by atoms with Gasteiger partial charge in [-0.25, -0.2) is 4.79 Å². The number of methoxy groups -OCH3 is 1. The quantitative estimate of drug-likeness (QED) is 0.583. The Balaban J connectivity index is 2.19. The van der Waals surface area contributed by atoms with Gasteiger partial charge in [0.1, 0.15) is 6.04 Å². The number of hydrogen-bond donors (Lipinski definition) is 1. The van der Waals surface area contributed by atoms with Crippen LogP contribution in [0, 0.1) is 0 Å². The zero-order chi connectivity index (χ0) is 21.8. The van der Waals surface area contributed by atoms with E-state index in [0.29, 0.717) is 12.1 Å². The van der Waals surface area contributed by atoms with E-state index in [2.05, 4.69) is 10.1 Å². The Morgan fingerprint density at radius 1 is 0.931 bits per heavy atom. The summed E-state index contributed by atoms with van der Waals surface area (Å²) in [5.41, 5.74) is -1.92. The molecule has 0 aliphatic heterocycles. The van der Waals surface area contributed by atoms with Gasteiger partial charge in [-0.3, -0.25) is 4.79 Å². The van der Waals surface area contributed by atoms with Gasteiger partial charge in [-0.15, -0.1) is 0 Å². The lowest BCUT2D eigenvalue weighted by molar-refractivity contribution is -0.142. The van der Waals surface area contributed by atoms with Crippen molar-refractivity contribution in [1.82, 2.24) is 5.32 Å². The fraction of sp³-hybridized carbons (Fsp3) is 0.263. The van der Waals surface area contributed by atoms with Crippen molar-refractivity contribution in [3.05, 3.63) is 70.8 Å². The number of nitrogens with one attached hydrogen (secondary N) is 1. The summed E-state index contributed by atoms with van der Waals surface area (Å²) >= 11 is 0. The van der Waals surface area contributed by atoms with Gasteiger partial charge >= 0.3 is 18.3 Å². The van der Waals surface area contributed by atoms with Crippen LogP contribution in [0.15, 0.2) is 48.5 Å². The van der Waals surface area contributed by atoms with Crippen LogP contribution in [-0.2, 0) is 28.3 Å². The van der Waals surface area contributed by atoms with Crippen molar-refractivity contribution in [2.45, 2.75) is 24.8 Å². The highest BCUT2D eigenvalue weighted by Gasteiger charge is 2.32. The van der Waals surface area contributed by atoms with Crippen molar-refractivity contribution in [1.29, 1.82) is 0 Å². The minimum absolute atomic E-state index is 0.114. The second-order valence-electron chi connectivity index (χ2n) is 6.03. The molecular formula is C19H15F6NO3. The van der Waals surface area contributed by atoms with Crippen molar-refractivity contribution in [2.75, 3.05) is 7.11 Å². The van der Waals surface area contributed by atoms with Gasteiger partial charge in [-0.05, 0) is 35.9 Å². The average molecular weight is 419 g/mol. The average Bonchev–Trinajstić information content (AvgIpc) is 2.65. The number of amides is 1. The van der Waals surface area contributed by atoms with E-state index in [1.165, 1.54) is 6.07 Å². The van der Waals surface area contributed by atoms with E-state index in [4.69, 9.17) is 0 Å². The molecule has 1 atom stereocenters. The van der Waals surface area contributed by atoms with Crippen molar-refractivity contribution in [3.8, 4) is 0 Å². The van der Waals surface area contributed by atoms with Crippen molar-refractivity contribution in [3.63, 3.8) is 0 Å². The Bertz CT molecular complexity index is 875. The minimum atomic E-state index is -4.58. The summed E-state index contributed by atoms with van der Waals surface area (Å²) in [5.74, 6) is -1.79. The molecule has 0 bridgehead atoms. The van der Waals surface area contributed by atoms with Crippen molar-refractivity contribution < 1.29 is 40.7 Å². The van der Waals surface area contributed by atoms with E-state index in [9.17, 15) is 35.9 Å². The van der Waals surface area contributed by atoms with Crippen LogP contribution in [0.4, 0.5) is 26.3 Å². The highest BCUT2D eigenvalue weighted by molar-refractivity contribution is 5.96. The zero-order valence-corrected chi connectivity index (χ0v) is 14.9. The normalized spacial score (nSPS) is 12.9. The lowest BCUT2D eigenvalue weighted by Crippen LogP contribution is -2.43. The molecule has 2 aromatic carbocycles. The molecule has 0 saturated heterocycles. The van der Waals surface area contributed by atoms with Gasteiger partial charge in [-0.2, -0.15) is 26.3 Å². The second kappa shape index (κ2) is 8.54. The predicted molar refractivity (Wildman–Crippen MR) is 89.9 cm³/mol. The van der Waals surface area contributed by atoms with E-state index in [1.807, 2.05) is 0 Å². The molecule has 4 nitrogen and oxygen atoms in total. The second-order valence-corrected chi connectivity index (χ2v) is 6.03. The number of carbonyl (C=O) groups excluding carboxylic acids is 2. The van der Waals surface area contributed by atoms with Crippen molar-refractivity contribution >= 4 is 11.9 Å². The number of benzene rings is 2. The van der Waals surface area contributed by atoms with Crippen LogP contribution >= 0.6 is 0 Å². The molecule has 0 aromatic heterocycles. The SMILES string of the molecule is COC(=O)[C@H](Cc1cccc(C(F)(F)F)c1)NC(=O)c1ccc(C(F)(F)F)cc1. The van der Waals surface area contributed by atoms with Gasteiger partial charge in [0.15, 0.2) is 0 Å². The molecule has 0 aliphatic carbocycles. The summed E-state index contributed by atoms with van der Waals surface area (Å²) in [4.78, 5) is 24.2. The van der Waals surface area contributed by atoms with Crippen LogP contribution in [-0.4, -0.2) is 25.0 Å². The summed E-state index contributed by atoms with van der Waals surface area (Å²) in [6.07, 6.45) is -9.46. The molecule has 10 heteroatoms. The molecule has 2 aromatic rings. The van der Waals surface area contributed by atoms with E-state index in [0.717, 1.165) is 37.4 Å². The van der Waals surface area contributed by atoms with Crippen LogP contribution in [0.1, 0.15) is 27.0 Å². The molecule has 1 amide bonds. The summed E-state index contributed by atoms with van der Waals surface area (Å²) in [6.45, 7) is 0. The number of alkyl halides is 6. The molecule has 0 aliphatic rings. The highest BCUT2D eigenvalue weighted by atomic mass is 19.4. The topological polar surface area (TPSA) is 55.4 Å². The van der Waals surface area contributed by atoms with E-state index in [1.54, 1.807) is 0 Å². The number of carbonyl (C=O) groups is 2. The number of esters is 1. The van der Waals surface area contributed by atoms with E-state index in [-0.39, 0.29) is 17.5 Å². The monoisotopic (exact) mass is 419 g/mol. The maximum atomic E-state index is 12.8. The van der Waals surface area contributed by atoms with Crippen LogP contribution in [0.2, 0.25) is 0 Å². The lowest BCUT2D eigenvalue weighted by Gasteiger charge is -2.18. The first-order valence-electron chi connectivity index (χ1n) is 8.14. The van der Waals surface area contributed by atoms with Crippen LogP contribution in [0.5, 0.6) is 0 Å². The van der Waals surface area contributed by atoms with Crippen LogP contribution in [0.3, 0.4) is 0 Å². The van der Waals surface area contributed by atoms with Gasteiger partial charge in [0, 0.05) is 12.0 Å². The summed E-state index contributed by atoms with van der Waals surface area (Å²) in [6, 6.07) is 6.12. The molecule has 0 saturated carbocycles. The predicted octanol–water partition coefficient (Wildman–Crippen LogP) is 4.24. The standard InChI is InChI=1S/C19H15F6NO3/c1-29-17(28)15(10-11-3-2-4-14(9-11)19(23,24)25)26-16(27)12-5-7-13(8-6-12)18(20,21)22/h2-9,15H,10H2,1H3,(H,26,27)/t15-/m0/s1. The summed E-state index contributed by atoms with van der Waals surface area (Å²) in [5, 5.41) is 2.27.